The van der Waals surface area contributed by atoms with Crippen molar-refractivity contribution in [2.45, 2.75) is 33.0 Å². The highest BCUT2D eigenvalue weighted by Gasteiger charge is 2.20. The average molecular weight is 305 g/mol. The Balaban J connectivity index is 1.83. The Morgan fingerprint density at radius 3 is 2.91 bits per heavy atom. The predicted octanol–water partition coefficient (Wildman–Crippen LogP) is 1.13. The van der Waals surface area contributed by atoms with Gasteiger partial charge in [0.25, 0.3) is 0 Å². The van der Waals surface area contributed by atoms with Gasteiger partial charge in [-0.1, -0.05) is 24.3 Å². The second kappa shape index (κ2) is 8.88. The lowest BCUT2D eigenvalue weighted by molar-refractivity contribution is -0.123. The number of nitrogens with one attached hydrogen (secondary N) is 2. The number of amides is 1. The van der Waals surface area contributed by atoms with Gasteiger partial charge < -0.3 is 15.4 Å². The average Bonchev–Trinajstić information content (AvgIpc) is 2.54. The lowest BCUT2D eigenvalue weighted by Gasteiger charge is -2.33. The van der Waals surface area contributed by atoms with E-state index in [1.165, 1.54) is 0 Å². The van der Waals surface area contributed by atoms with Crippen molar-refractivity contribution in [3.63, 3.8) is 0 Å². The zero-order valence-electron chi connectivity index (χ0n) is 13.6. The summed E-state index contributed by atoms with van der Waals surface area (Å²) in [6, 6.07) is 8.50. The van der Waals surface area contributed by atoms with Gasteiger partial charge in [-0.15, -0.1) is 0 Å². The smallest absolute Gasteiger partial charge is 0.234 e. The summed E-state index contributed by atoms with van der Waals surface area (Å²) >= 11 is 0. The summed E-state index contributed by atoms with van der Waals surface area (Å²) in [4.78, 5) is 14.4. The summed E-state index contributed by atoms with van der Waals surface area (Å²) in [5.74, 6) is 0.0833. The van der Waals surface area contributed by atoms with Crippen molar-refractivity contribution in [2.75, 3.05) is 32.8 Å². The molecule has 0 spiro atoms. The van der Waals surface area contributed by atoms with E-state index in [0.29, 0.717) is 32.3 Å². The molecular formula is C17H27N3O2. The third kappa shape index (κ3) is 5.09. The van der Waals surface area contributed by atoms with Crippen LogP contribution in [0, 0.1) is 0 Å². The molecule has 0 saturated carbocycles. The summed E-state index contributed by atoms with van der Waals surface area (Å²) in [5.41, 5.74) is 2.26. The van der Waals surface area contributed by atoms with Crippen molar-refractivity contribution in [1.29, 1.82) is 0 Å². The van der Waals surface area contributed by atoms with E-state index in [0.717, 1.165) is 30.8 Å². The largest absolute Gasteiger partial charge is 0.377 e. The molecule has 2 N–H and O–H groups in total. The molecule has 1 aromatic rings. The molecule has 1 aliphatic heterocycles. The molecule has 5 nitrogen and oxygen atoms in total. The standard InChI is InChI=1S/C17H27N3O2/c1-3-22-13-16-7-5-4-6-15(16)11-19-17(21)12-20-9-8-18-10-14(20)2/h4-7,14,18H,3,8-13H2,1-2H3,(H,19,21)/t14-/m1/s1. The maximum absolute atomic E-state index is 12.2. The van der Waals surface area contributed by atoms with Gasteiger partial charge in [0.15, 0.2) is 0 Å². The van der Waals surface area contributed by atoms with Crippen LogP contribution in [0.25, 0.3) is 0 Å². The Hall–Kier alpha value is -1.43. The molecule has 0 aromatic heterocycles. The summed E-state index contributed by atoms with van der Waals surface area (Å²) < 4.78 is 5.47. The fraction of sp³-hybridized carbons (Fsp3) is 0.588. The van der Waals surface area contributed by atoms with Gasteiger partial charge in [0.05, 0.1) is 13.2 Å². The lowest BCUT2D eigenvalue weighted by Crippen LogP contribution is -2.52. The normalized spacial score (nSPS) is 19.1. The van der Waals surface area contributed by atoms with Crippen LogP contribution in [0.5, 0.6) is 0 Å². The number of hydrogen-bond donors (Lipinski definition) is 2. The summed E-state index contributed by atoms with van der Waals surface area (Å²) in [6.07, 6.45) is 0. The summed E-state index contributed by atoms with van der Waals surface area (Å²) in [7, 11) is 0. The third-order valence-corrected chi connectivity index (χ3v) is 4.04. The molecule has 0 unspecified atom stereocenters. The van der Waals surface area contributed by atoms with Crippen LogP contribution in [0.15, 0.2) is 24.3 Å². The first-order valence-electron chi connectivity index (χ1n) is 8.06. The minimum Gasteiger partial charge on any atom is -0.377 e. The van der Waals surface area contributed by atoms with Gasteiger partial charge in [0, 0.05) is 38.8 Å². The topological polar surface area (TPSA) is 53.6 Å². The van der Waals surface area contributed by atoms with Crippen LogP contribution in [0.4, 0.5) is 0 Å². The SMILES string of the molecule is CCOCc1ccccc1CNC(=O)CN1CCNC[C@H]1C. The van der Waals surface area contributed by atoms with Gasteiger partial charge in [-0.05, 0) is 25.0 Å². The number of ether oxygens (including phenoxy) is 1. The van der Waals surface area contributed by atoms with E-state index < -0.39 is 0 Å². The van der Waals surface area contributed by atoms with Crippen molar-refractivity contribution in [2.24, 2.45) is 0 Å². The van der Waals surface area contributed by atoms with E-state index in [9.17, 15) is 4.79 Å². The van der Waals surface area contributed by atoms with E-state index >= 15 is 0 Å². The van der Waals surface area contributed by atoms with Crippen molar-refractivity contribution < 1.29 is 9.53 Å². The highest BCUT2D eigenvalue weighted by molar-refractivity contribution is 5.78. The monoisotopic (exact) mass is 305 g/mol. The Labute approximate surface area is 133 Å². The second-order valence-electron chi connectivity index (χ2n) is 5.71. The van der Waals surface area contributed by atoms with E-state index in [2.05, 4.69) is 28.5 Å². The molecule has 1 aliphatic rings. The number of hydrogen-bond acceptors (Lipinski definition) is 4. The van der Waals surface area contributed by atoms with Crippen molar-refractivity contribution in [3.05, 3.63) is 35.4 Å². The maximum atomic E-state index is 12.2. The molecule has 22 heavy (non-hydrogen) atoms. The minimum absolute atomic E-state index is 0.0833. The van der Waals surface area contributed by atoms with Crippen LogP contribution < -0.4 is 10.6 Å². The van der Waals surface area contributed by atoms with Crippen molar-refractivity contribution in [3.8, 4) is 0 Å². The summed E-state index contributed by atoms with van der Waals surface area (Å²) in [6.45, 7) is 9.28. The Morgan fingerprint density at radius 1 is 1.41 bits per heavy atom. The molecule has 0 radical (unpaired) electrons. The van der Waals surface area contributed by atoms with Crippen LogP contribution in [0.3, 0.4) is 0 Å². The molecule has 0 aliphatic carbocycles. The highest BCUT2D eigenvalue weighted by atomic mass is 16.5. The first kappa shape index (κ1) is 16.9. The lowest BCUT2D eigenvalue weighted by atomic mass is 10.1. The first-order valence-corrected chi connectivity index (χ1v) is 8.06. The first-order chi connectivity index (χ1) is 10.7. The zero-order valence-corrected chi connectivity index (χ0v) is 13.6. The molecule has 1 atom stereocenters. The molecule has 1 heterocycles. The fourth-order valence-electron chi connectivity index (χ4n) is 2.63. The van der Waals surface area contributed by atoms with Gasteiger partial charge in [-0.25, -0.2) is 0 Å². The highest BCUT2D eigenvalue weighted by Crippen LogP contribution is 2.10. The van der Waals surface area contributed by atoms with Gasteiger partial charge in [0.1, 0.15) is 0 Å². The van der Waals surface area contributed by atoms with Crippen LogP contribution >= 0.6 is 0 Å². The second-order valence-corrected chi connectivity index (χ2v) is 5.71. The molecular weight excluding hydrogens is 278 g/mol. The van der Waals surface area contributed by atoms with E-state index in [-0.39, 0.29) is 5.91 Å². The van der Waals surface area contributed by atoms with Gasteiger partial charge in [0.2, 0.25) is 5.91 Å². The Bertz CT molecular complexity index is 479. The van der Waals surface area contributed by atoms with Gasteiger partial charge in [-0.3, -0.25) is 9.69 Å². The predicted molar refractivity (Wildman–Crippen MR) is 87.5 cm³/mol. The van der Waals surface area contributed by atoms with Crippen molar-refractivity contribution in [1.82, 2.24) is 15.5 Å². The molecule has 5 heteroatoms. The number of carbonyl (C=O) groups excluding carboxylic acids is 1. The minimum atomic E-state index is 0.0833. The molecule has 1 amide bonds. The molecule has 122 valence electrons. The number of benzene rings is 1. The van der Waals surface area contributed by atoms with Crippen LogP contribution in [0.2, 0.25) is 0 Å². The van der Waals surface area contributed by atoms with E-state index in [1.807, 2.05) is 25.1 Å². The van der Waals surface area contributed by atoms with Crippen LogP contribution in [-0.4, -0.2) is 49.6 Å². The van der Waals surface area contributed by atoms with Gasteiger partial charge >= 0.3 is 0 Å². The number of piperazine rings is 1. The molecule has 0 bridgehead atoms. The number of rotatable bonds is 7. The molecule has 2 rings (SSSR count). The van der Waals surface area contributed by atoms with Crippen LogP contribution in [0.1, 0.15) is 25.0 Å². The number of nitrogens with zero attached hydrogens (tertiary/aromatic N) is 1. The Kier molecular flexibility index (Phi) is 6.83. The molecule has 1 saturated heterocycles. The number of carbonyl (C=O) groups is 1. The maximum Gasteiger partial charge on any atom is 0.234 e. The molecule has 1 fully saturated rings. The van der Waals surface area contributed by atoms with Gasteiger partial charge in [-0.2, -0.15) is 0 Å². The third-order valence-electron chi connectivity index (χ3n) is 4.04. The quantitative estimate of drug-likeness (QED) is 0.793. The zero-order chi connectivity index (χ0) is 15.8. The van der Waals surface area contributed by atoms with E-state index in [4.69, 9.17) is 4.74 Å². The van der Waals surface area contributed by atoms with Crippen LogP contribution in [-0.2, 0) is 22.7 Å². The summed E-state index contributed by atoms with van der Waals surface area (Å²) in [5, 5.41) is 6.36. The Morgan fingerprint density at radius 2 is 2.18 bits per heavy atom. The fourth-order valence-corrected chi connectivity index (χ4v) is 2.63. The molecule has 1 aromatic carbocycles. The van der Waals surface area contributed by atoms with E-state index in [1.54, 1.807) is 0 Å². The van der Waals surface area contributed by atoms with Crippen molar-refractivity contribution >= 4 is 5.91 Å².